The number of amides is 8. The fourth-order valence-corrected chi connectivity index (χ4v) is 14.7. The molecular weight excluding hydrogens is 1540 g/mol. The Morgan fingerprint density at radius 2 is 0.354 bits per heavy atom. The summed E-state index contributed by atoms with van der Waals surface area (Å²) in [7, 11) is 0. The molecule has 648 valence electrons. The number of aliphatic hydroxyl groups is 18. The third-order valence-corrected chi connectivity index (χ3v) is 19.9. The Kier molecular flexibility index (Phi) is 33.9. The van der Waals surface area contributed by atoms with Gasteiger partial charge in [-0.15, -0.1) is 0 Å². The van der Waals surface area contributed by atoms with Crippen molar-refractivity contribution >= 4 is 47.3 Å². The topological polar surface area (TPSA) is 735 Å². The van der Waals surface area contributed by atoms with Crippen LogP contribution < -0.4 is 42.5 Å². The zero-order chi connectivity index (χ0) is 83.6. The average molecular weight is 1640 g/mol. The van der Waals surface area contributed by atoms with E-state index in [-0.39, 0.29) is 0 Å². The number of ether oxygens (including phenoxy) is 15. The van der Waals surface area contributed by atoms with Gasteiger partial charge in [-0.25, -0.2) is 0 Å². The van der Waals surface area contributed by atoms with Crippen LogP contribution in [0.3, 0.4) is 0 Å². The highest BCUT2D eigenvalue weighted by Crippen LogP contribution is 2.39. The highest BCUT2D eigenvalue weighted by Gasteiger charge is 2.61. The van der Waals surface area contributed by atoms with Gasteiger partial charge >= 0.3 is 0 Å². The molecule has 49 heteroatoms. The summed E-state index contributed by atoms with van der Waals surface area (Å²) in [4.78, 5) is 102. The molecular formula is C64H106N8O41. The molecule has 8 amide bonds. The van der Waals surface area contributed by atoms with Gasteiger partial charge in [-0.05, 0) is 0 Å². The average Bonchev–Trinajstić information content (AvgIpc) is 0.773. The summed E-state index contributed by atoms with van der Waals surface area (Å²) >= 11 is 0. The van der Waals surface area contributed by atoms with Gasteiger partial charge in [0.25, 0.3) is 0 Å². The Bertz CT molecular complexity index is 3150. The summed E-state index contributed by atoms with van der Waals surface area (Å²) in [5, 5.41) is 221. The molecule has 113 heavy (non-hydrogen) atoms. The number of aliphatic hydroxyl groups excluding tert-OH is 18. The molecule has 8 saturated heterocycles. The van der Waals surface area contributed by atoms with Crippen LogP contribution in [-0.2, 0) is 109 Å². The van der Waals surface area contributed by atoms with E-state index in [1.54, 1.807) is 0 Å². The number of hydrogen-bond donors (Lipinski definition) is 26. The van der Waals surface area contributed by atoms with Crippen LogP contribution in [0.15, 0.2) is 0 Å². The summed E-state index contributed by atoms with van der Waals surface area (Å²) in [6.45, 7) is -0.275. The van der Waals surface area contributed by atoms with Gasteiger partial charge in [-0.2, -0.15) is 0 Å². The minimum atomic E-state index is -2.17. The van der Waals surface area contributed by atoms with Crippen LogP contribution in [0.4, 0.5) is 0 Å². The largest absolute Gasteiger partial charge is 0.394 e. The fraction of sp³-hybridized carbons (Fsp3) is 0.875. The molecule has 0 saturated carbocycles. The van der Waals surface area contributed by atoms with Crippen LogP contribution in [0, 0.1) is 0 Å². The first-order chi connectivity index (χ1) is 53.4. The molecule has 8 heterocycles. The molecule has 0 bridgehead atoms. The van der Waals surface area contributed by atoms with E-state index in [4.69, 9.17) is 71.1 Å². The minimum absolute atomic E-state index is 0.728. The van der Waals surface area contributed by atoms with E-state index in [2.05, 4.69) is 42.5 Å². The van der Waals surface area contributed by atoms with Crippen LogP contribution >= 0.6 is 0 Å². The van der Waals surface area contributed by atoms with Crippen molar-refractivity contribution in [3.63, 3.8) is 0 Å². The number of carbonyl (C=O) groups excluding carboxylic acids is 8. The highest BCUT2D eigenvalue weighted by molar-refractivity contribution is 5.76. The first kappa shape index (κ1) is 92.9. The Labute approximate surface area is 642 Å². The zero-order valence-corrected chi connectivity index (χ0v) is 62.2. The summed E-state index contributed by atoms with van der Waals surface area (Å²) in [6.07, 6.45) is -60.6. The summed E-state index contributed by atoms with van der Waals surface area (Å²) in [5.74, 6) is -6.77. The van der Waals surface area contributed by atoms with E-state index < -0.39 is 345 Å². The van der Waals surface area contributed by atoms with Gasteiger partial charge in [0.05, 0.1) is 52.9 Å². The molecule has 49 nitrogen and oxygen atoms in total. The molecule has 0 aromatic rings. The summed E-state index contributed by atoms with van der Waals surface area (Å²) in [6, 6.07) is -14.1. The van der Waals surface area contributed by atoms with Gasteiger partial charge in [0, 0.05) is 55.4 Å². The lowest BCUT2D eigenvalue weighted by Gasteiger charge is -2.52. The lowest BCUT2D eigenvalue weighted by Crippen LogP contribution is -2.72. The molecule has 26 N–H and O–H groups in total. The second-order valence-corrected chi connectivity index (χ2v) is 28.3. The third-order valence-electron chi connectivity index (χ3n) is 19.9. The number of rotatable bonds is 30. The quantitative estimate of drug-likeness (QED) is 0.0318. The third kappa shape index (κ3) is 21.9. The van der Waals surface area contributed by atoms with Crippen molar-refractivity contribution in [1.82, 2.24) is 42.5 Å². The van der Waals surface area contributed by atoms with Crippen molar-refractivity contribution in [3.8, 4) is 0 Å². The van der Waals surface area contributed by atoms with Crippen molar-refractivity contribution in [2.45, 2.75) is 301 Å². The maximum atomic E-state index is 13.1. The summed E-state index contributed by atoms with van der Waals surface area (Å²) in [5.41, 5.74) is 0. The van der Waals surface area contributed by atoms with E-state index in [1.165, 1.54) is 0 Å². The minimum Gasteiger partial charge on any atom is -0.394 e. The molecule has 40 atom stereocenters. The Morgan fingerprint density at radius 1 is 0.212 bits per heavy atom. The lowest BCUT2D eigenvalue weighted by atomic mass is 9.92. The molecule has 0 spiro atoms. The number of hydrogen-bond acceptors (Lipinski definition) is 41. The summed E-state index contributed by atoms with van der Waals surface area (Å²) < 4.78 is 90.4. The first-order valence-corrected chi connectivity index (χ1v) is 36.1. The normalized spacial score (nSPS) is 44.2. The van der Waals surface area contributed by atoms with Crippen molar-refractivity contribution in [1.29, 1.82) is 0 Å². The molecule has 0 aliphatic carbocycles. The van der Waals surface area contributed by atoms with Crippen molar-refractivity contribution in [3.05, 3.63) is 0 Å². The van der Waals surface area contributed by atoms with Gasteiger partial charge in [0.15, 0.2) is 50.3 Å². The maximum Gasteiger partial charge on any atom is 0.217 e. The van der Waals surface area contributed by atoms with Gasteiger partial charge in [0.1, 0.15) is 195 Å². The highest BCUT2D eigenvalue weighted by atomic mass is 16.8. The first-order valence-electron chi connectivity index (χ1n) is 36.1. The lowest BCUT2D eigenvalue weighted by molar-refractivity contribution is -0.374. The smallest absolute Gasteiger partial charge is 0.217 e. The van der Waals surface area contributed by atoms with E-state index in [0.717, 1.165) is 55.4 Å². The second kappa shape index (κ2) is 41.2. The SMILES string of the molecule is CC(=O)N[C@H]1[C@H](OC2[C@@H](CO)O[C@@H](OC3[C@@H](CO)O[C@@H](OC4[C@@H](CO)O[C@@H](OC5[C@@H](CO)O[C@@H](OC6[C@@H](CO)O[C@@H](OC7[C@@H](CO)O[C@@H](OC8[C@@H](CO)O[C@@H](O)[C@H](NC(C)=O)[C@H]8O)[C@H](NC(C)=O)[C@H]7O)[C@H](NC(C)=O)[C@H]6O)[C@H](NC(C)=O)[C@H]5O)[C@H](NC(C)=O)[C@H]4O)[C@H](NC(C)=O)[C@H]3O)[C@H](NC(C)=O)[C@H]2O)O[C@H](CO)[C@@H](O)[C@@H]1O. The Hall–Kier alpha value is -5.56. The van der Waals surface area contributed by atoms with Crippen molar-refractivity contribution < 1.29 is 201 Å². The van der Waals surface area contributed by atoms with Crippen LogP contribution in [0.2, 0.25) is 0 Å². The molecule has 8 rings (SSSR count). The second-order valence-electron chi connectivity index (χ2n) is 28.3. The zero-order valence-electron chi connectivity index (χ0n) is 62.2. The molecule has 8 fully saturated rings. The van der Waals surface area contributed by atoms with Gasteiger partial charge < -0.3 is 206 Å². The molecule has 0 aromatic carbocycles. The molecule has 7 unspecified atom stereocenters. The van der Waals surface area contributed by atoms with Crippen LogP contribution in [0.25, 0.3) is 0 Å². The number of nitrogens with one attached hydrogen (secondary N) is 8. The standard InChI is InChI=1S/C64H106N8O41/c1-17(81)65-33-43(91)50(26(10-74)99-57(33)98)107-59-35(67-19(3)83)45(93)52(28(12-76)101-59)109-61-37(69-21(5)85)47(95)54(30(14-78)103-61)111-63-39(71-23(7)87)49(97)56(32(16-80)105-63)113-64-40(72-24(8)88)48(96)55(31(15-79)106-64)112-62-38(70-22(6)86)46(94)53(29(13-77)104-62)110-60-36(68-20(4)84)44(92)51(27(11-75)102-60)108-58-34(66-18(2)82)42(90)41(89)25(9-73)100-58/h25-64,73-80,89-98H,9-16H2,1-8H3,(H,65,81)(H,66,82)(H,67,83)(H,68,84)(H,69,85)(H,70,86)(H,71,87)(H,72,88)/t25-,26-,27-,28-,29-,30-,31-,32-,33-,34-,35-,36-,37-,38-,39-,40-,41-,42-,43-,44-,45-,46-,47-,48-,49-,50?,51?,52?,53?,54?,55?,56?,57-,58+,59+,60+,61+,62+,63+,64+/m1/s1. The van der Waals surface area contributed by atoms with Gasteiger partial charge in [-0.1, -0.05) is 0 Å². The maximum absolute atomic E-state index is 13.1. The van der Waals surface area contributed by atoms with Crippen LogP contribution in [-0.4, -0.2) is 437 Å². The van der Waals surface area contributed by atoms with E-state index >= 15 is 0 Å². The Morgan fingerprint density at radius 3 is 0.522 bits per heavy atom. The van der Waals surface area contributed by atoms with Gasteiger partial charge in [-0.3, -0.25) is 38.4 Å². The van der Waals surface area contributed by atoms with Crippen LogP contribution in [0.1, 0.15) is 55.4 Å². The molecule has 0 radical (unpaired) electrons. The fourth-order valence-electron chi connectivity index (χ4n) is 14.7. The predicted octanol–water partition coefficient (Wildman–Crippen LogP) is -17.3. The molecule has 0 aromatic heterocycles. The van der Waals surface area contributed by atoms with E-state index in [1.807, 2.05) is 0 Å². The monoisotopic (exact) mass is 1640 g/mol. The van der Waals surface area contributed by atoms with Crippen molar-refractivity contribution in [2.75, 3.05) is 52.9 Å². The van der Waals surface area contributed by atoms with Crippen LogP contribution in [0.5, 0.6) is 0 Å². The molecule has 8 aliphatic rings. The van der Waals surface area contributed by atoms with E-state index in [9.17, 15) is 130 Å². The van der Waals surface area contributed by atoms with Gasteiger partial charge in [0.2, 0.25) is 47.3 Å². The van der Waals surface area contributed by atoms with E-state index in [0.29, 0.717) is 0 Å². The van der Waals surface area contributed by atoms with Crippen molar-refractivity contribution in [2.24, 2.45) is 0 Å². The Balaban J connectivity index is 0.991. The molecule has 8 aliphatic heterocycles. The number of carbonyl (C=O) groups is 8. The predicted molar refractivity (Wildman–Crippen MR) is 357 cm³/mol.